The Morgan fingerprint density at radius 2 is 1.44 bits per heavy atom. The lowest BCUT2D eigenvalue weighted by molar-refractivity contribution is 0.256. The Morgan fingerprint density at radius 1 is 0.772 bits per heavy atom. The molecule has 0 aliphatic carbocycles. The Morgan fingerprint density at radius 3 is 2.23 bits per heavy atom. The summed E-state index contributed by atoms with van der Waals surface area (Å²) < 4.78 is 34.5. The zero-order valence-corrected chi connectivity index (χ0v) is 30.8. The third-order valence-electron chi connectivity index (χ3n) is 10.0. The quantitative estimate of drug-likeness (QED) is 0.230. The van der Waals surface area contributed by atoms with Crippen LogP contribution in [-0.2, 0) is 13.6 Å². The van der Waals surface area contributed by atoms with E-state index in [1.54, 1.807) is 64.1 Å². The first-order valence-electron chi connectivity index (χ1n) is 18.2. The standard InChI is InChI=1S/C37H32FN17O2/c1-19-5-8-56-36-25(16-43-52(36)3)35-45-21(10-32(49-35)47-31-11-27-22(14-41-31)26(13-39)50-54(19)27)18-53-37-24(17-44-53)34-40-7-4-29(48-34)46-30-12-28-23(15-42-30)33(38)51-55(28)20(2)6-9-57-37/h4,7,10-12,14-17,19-20H,5-6,8-9,18H2,1-3H3,(H,40,42,46,48)(H,41,45,47,49). The zero-order chi connectivity index (χ0) is 38.8. The lowest BCUT2D eigenvalue weighted by Gasteiger charge is -2.17. The molecular weight excluding hydrogens is 734 g/mol. The fourth-order valence-electron chi connectivity index (χ4n) is 7.10. The third-order valence-corrected chi connectivity index (χ3v) is 10.0. The molecule has 2 aliphatic heterocycles. The van der Waals surface area contributed by atoms with E-state index in [0.29, 0.717) is 105 Å². The van der Waals surface area contributed by atoms with Gasteiger partial charge in [-0.2, -0.15) is 24.9 Å². The number of pyridine rings is 2. The van der Waals surface area contributed by atoms with Gasteiger partial charge in [0.2, 0.25) is 17.7 Å². The van der Waals surface area contributed by atoms with Gasteiger partial charge in [0, 0.05) is 56.7 Å². The first kappa shape index (κ1) is 34.0. The van der Waals surface area contributed by atoms with Crippen LogP contribution in [0.5, 0.6) is 11.8 Å². The van der Waals surface area contributed by atoms with Crippen LogP contribution in [0.1, 0.15) is 50.2 Å². The molecule has 0 radical (unpaired) electrons. The van der Waals surface area contributed by atoms with Gasteiger partial charge < -0.3 is 20.1 Å². The molecule has 8 bridgehead atoms. The van der Waals surface area contributed by atoms with Crippen molar-refractivity contribution in [2.75, 3.05) is 23.8 Å². The van der Waals surface area contributed by atoms with E-state index >= 15 is 0 Å². The first-order valence-corrected chi connectivity index (χ1v) is 18.2. The molecule has 0 spiro atoms. The number of nitriles is 1. The average molecular weight is 766 g/mol. The number of halogens is 1. The number of anilines is 4. The number of hydrogen-bond acceptors (Lipinski definition) is 15. The van der Waals surface area contributed by atoms with Crippen LogP contribution in [0.15, 0.2) is 55.2 Å². The van der Waals surface area contributed by atoms with E-state index in [4.69, 9.17) is 29.5 Å². The number of aryl methyl sites for hydroxylation is 1. The minimum Gasteiger partial charge on any atom is -0.477 e. The molecule has 57 heavy (non-hydrogen) atoms. The Labute approximate surface area is 322 Å². The number of ether oxygens (including phenoxy) is 2. The van der Waals surface area contributed by atoms with Crippen molar-refractivity contribution in [3.8, 4) is 40.6 Å². The summed E-state index contributed by atoms with van der Waals surface area (Å²) in [4.78, 5) is 28.2. The van der Waals surface area contributed by atoms with Crippen LogP contribution >= 0.6 is 0 Å². The number of fused-ring (bicyclic) bond motifs is 10. The van der Waals surface area contributed by atoms with Gasteiger partial charge in [0.15, 0.2) is 17.3 Å². The number of aromatic nitrogens is 14. The van der Waals surface area contributed by atoms with Gasteiger partial charge in [0.1, 0.15) is 40.5 Å². The highest BCUT2D eigenvalue weighted by atomic mass is 19.1. The largest absolute Gasteiger partial charge is 0.477 e. The van der Waals surface area contributed by atoms with Crippen LogP contribution in [0.3, 0.4) is 0 Å². The van der Waals surface area contributed by atoms with E-state index in [-0.39, 0.29) is 25.2 Å². The van der Waals surface area contributed by atoms with E-state index in [1.807, 2.05) is 24.6 Å². The Hall–Kier alpha value is -7.56. The van der Waals surface area contributed by atoms with Crippen molar-refractivity contribution in [1.29, 1.82) is 5.26 Å². The van der Waals surface area contributed by atoms with Crippen molar-refractivity contribution >= 4 is 45.1 Å². The van der Waals surface area contributed by atoms with Gasteiger partial charge in [-0.25, -0.2) is 39.3 Å². The normalized spacial score (nSPS) is 16.4. The van der Waals surface area contributed by atoms with Gasteiger partial charge in [-0.05, 0) is 19.9 Å². The molecule has 10 heterocycles. The highest BCUT2D eigenvalue weighted by Gasteiger charge is 2.24. The smallest absolute Gasteiger partial charge is 0.242 e. The number of nitrogens with zero attached hydrogens (tertiary/aromatic N) is 15. The average Bonchev–Trinajstić information content (AvgIpc) is 3.97. The van der Waals surface area contributed by atoms with Crippen molar-refractivity contribution in [1.82, 2.24) is 69.0 Å². The molecule has 0 saturated carbocycles. The summed E-state index contributed by atoms with van der Waals surface area (Å²) in [6, 6.07) is 9.00. The molecule has 19 nitrogen and oxygen atoms in total. The van der Waals surface area contributed by atoms with Crippen LogP contribution in [-0.4, -0.2) is 82.2 Å². The monoisotopic (exact) mass is 765 g/mol. The molecule has 0 fully saturated rings. The maximum absolute atomic E-state index is 14.9. The van der Waals surface area contributed by atoms with E-state index in [1.165, 1.54) is 6.20 Å². The van der Waals surface area contributed by atoms with Crippen LogP contribution in [0.4, 0.5) is 27.7 Å². The first-order chi connectivity index (χ1) is 27.8. The van der Waals surface area contributed by atoms with Crippen molar-refractivity contribution in [3.05, 3.63) is 72.6 Å². The highest BCUT2D eigenvalue weighted by molar-refractivity contribution is 5.86. The van der Waals surface area contributed by atoms with E-state index in [9.17, 15) is 9.65 Å². The molecule has 2 aliphatic rings. The fraction of sp³-hybridized carbons (Fsp3) is 0.270. The number of rotatable bonds is 2. The van der Waals surface area contributed by atoms with Crippen LogP contribution in [0.2, 0.25) is 0 Å². The Balaban J connectivity index is 1.05. The molecule has 10 rings (SSSR count). The summed E-state index contributed by atoms with van der Waals surface area (Å²) in [6.07, 6.45) is 9.15. The molecule has 2 unspecified atom stereocenters. The lowest BCUT2D eigenvalue weighted by atomic mass is 10.2. The molecule has 0 amide bonds. The van der Waals surface area contributed by atoms with Crippen molar-refractivity contribution in [3.63, 3.8) is 0 Å². The van der Waals surface area contributed by atoms with Gasteiger partial charge in [-0.3, -0.25) is 9.36 Å². The van der Waals surface area contributed by atoms with Gasteiger partial charge >= 0.3 is 0 Å². The van der Waals surface area contributed by atoms with Gasteiger partial charge in [-0.1, -0.05) is 0 Å². The van der Waals surface area contributed by atoms with Crippen molar-refractivity contribution < 1.29 is 13.9 Å². The van der Waals surface area contributed by atoms with Crippen LogP contribution < -0.4 is 20.1 Å². The number of hydrogen-bond donors (Lipinski definition) is 2. The summed E-state index contributed by atoms with van der Waals surface area (Å²) in [5.74, 6) is 2.97. The maximum atomic E-state index is 14.9. The van der Waals surface area contributed by atoms with Crippen LogP contribution in [0.25, 0.3) is 44.6 Å². The van der Waals surface area contributed by atoms with E-state index in [0.717, 1.165) is 5.52 Å². The second kappa shape index (κ2) is 13.3. The summed E-state index contributed by atoms with van der Waals surface area (Å²) >= 11 is 0. The van der Waals surface area contributed by atoms with E-state index in [2.05, 4.69) is 47.0 Å². The molecule has 0 aromatic carbocycles. The molecule has 0 saturated heterocycles. The predicted octanol–water partition coefficient (Wildman–Crippen LogP) is 5.25. The maximum Gasteiger partial charge on any atom is 0.242 e. The second-order valence-corrected chi connectivity index (χ2v) is 13.9. The minimum absolute atomic E-state index is 0.0853. The lowest BCUT2D eigenvalue weighted by Crippen LogP contribution is -2.15. The van der Waals surface area contributed by atoms with Crippen LogP contribution in [0, 0.1) is 17.3 Å². The Bertz CT molecular complexity index is 2910. The Kier molecular flexibility index (Phi) is 7.94. The second-order valence-electron chi connectivity index (χ2n) is 13.9. The molecular formula is C37H32FN17O2. The highest BCUT2D eigenvalue weighted by Crippen LogP contribution is 2.34. The number of nitrogens with one attached hydrogen (secondary N) is 2. The van der Waals surface area contributed by atoms with Crippen molar-refractivity contribution in [2.24, 2.45) is 7.05 Å². The summed E-state index contributed by atoms with van der Waals surface area (Å²) in [5.41, 5.74) is 3.37. The zero-order valence-electron chi connectivity index (χ0n) is 30.8. The molecule has 8 aromatic heterocycles. The van der Waals surface area contributed by atoms with Gasteiger partial charge in [-0.15, -0.1) is 5.10 Å². The van der Waals surface area contributed by atoms with Gasteiger partial charge in [0.25, 0.3) is 0 Å². The molecule has 20 heteroatoms. The molecule has 8 aromatic rings. The summed E-state index contributed by atoms with van der Waals surface area (Å²) in [6.45, 7) is 4.73. The summed E-state index contributed by atoms with van der Waals surface area (Å²) in [5, 5.41) is 35.3. The molecule has 2 atom stereocenters. The van der Waals surface area contributed by atoms with E-state index < -0.39 is 5.95 Å². The van der Waals surface area contributed by atoms with Gasteiger partial charge in [0.05, 0.1) is 71.7 Å². The predicted molar refractivity (Wildman–Crippen MR) is 203 cm³/mol. The SMILES string of the molecule is CC1CCOc2c(cnn2Cc2cc3nc(n2)-c2cnn(C)c2OCCC(C)n2nc(C#N)c4cnc(cc42)N3)-c2nccc(n2)Nc2cc3c(cn2)c(F)nn31. The topological polar surface area (TPSA) is 215 Å². The van der Waals surface area contributed by atoms with Crippen molar-refractivity contribution in [2.45, 2.75) is 45.3 Å². The third kappa shape index (κ3) is 5.96. The summed E-state index contributed by atoms with van der Waals surface area (Å²) in [7, 11) is 1.80. The fourth-order valence-corrected chi connectivity index (χ4v) is 7.10. The minimum atomic E-state index is -0.595. The molecule has 2 N–H and O–H groups in total. The molecule has 284 valence electrons.